The van der Waals surface area contributed by atoms with Crippen LogP contribution in [-0.2, 0) is 0 Å². The molecule has 2 aliphatic heterocycles. The number of piperazine rings is 1. The van der Waals surface area contributed by atoms with E-state index in [1.165, 1.54) is 0 Å². The van der Waals surface area contributed by atoms with Crippen molar-refractivity contribution in [1.82, 2.24) is 15.5 Å². The Kier molecular flexibility index (Phi) is 3.36. The summed E-state index contributed by atoms with van der Waals surface area (Å²) in [5, 5.41) is 6.49. The topological polar surface area (TPSA) is 27.3 Å². The number of hydrogen-bond donors (Lipinski definition) is 2. The van der Waals surface area contributed by atoms with Gasteiger partial charge in [0, 0.05) is 32.7 Å². The van der Waals surface area contributed by atoms with E-state index in [4.69, 9.17) is 0 Å². The lowest BCUT2D eigenvalue weighted by Crippen LogP contribution is -2.52. The van der Waals surface area contributed by atoms with Crippen LogP contribution in [0.3, 0.4) is 0 Å². The predicted molar refractivity (Wildman–Crippen MR) is 55.3 cm³/mol. The molecule has 2 aliphatic rings. The number of nitrogens with zero attached hydrogens (tertiary/aromatic N) is 1. The first-order valence-corrected chi connectivity index (χ1v) is 5.61. The molecule has 0 atom stereocenters. The molecule has 82 valence electrons. The third-order valence-corrected chi connectivity index (χ3v) is 3.22. The van der Waals surface area contributed by atoms with Crippen LogP contribution in [0, 0.1) is 0 Å². The molecule has 2 N–H and O–H groups in total. The smallest absolute Gasteiger partial charge is 0.126 e. The van der Waals surface area contributed by atoms with Crippen LogP contribution in [0.2, 0.25) is 0 Å². The molecule has 0 aromatic rings. The highest BCUT2D eigenvalue weighted by Crippen LogP contribution is 2.24. The van der Waals surface area contributed by atoms with Gasteiger partial charge in [-0.15, -0.1) is 0 Å². The Morgan fingerprint density at radius 1 is 1.00 bits per heavy atom. The van der Waals surface area contributed by atoms with Crippen molar-refractivity contribution in [3.05, 3.63) is 0 Å². The van der Waals surface area contributed by atoms with Crippen molar-refractivity contribution in [3.8, 4) is 0 Å². The first kappa shape index (κ1) is 10.3. The van der Waals surface area contributed by atoms with E-state index >= 15 is 0 Å². The molecule has 0 radical (unpaired) electrons. The zero-order valence-electron chi connectivity index (χ0n) is 8.69. The maximum Gasteiger partial charge on any atom is 0.126 e. The monoisotopic (exact) mass is 201 g/mol. The summed E-state index contributed by atoms with van der Waals surface area (Å²) in [7, 11) is 0. The largest absolute Gasteiger partial charge is 0.316 e. The Balaban J connectivity index is 1.81. The quantitative estimate of drug-likeness (QED) is 0.657. The first-order valence-electron chi connectivity index (χ1n) is 5.61. The van der Waals surface area contributed by atoms with Gasteiger partial charge in [-0.3, -0.25) is 4.90 Å². The molecule has 2 saturated heterocycles. The van der Waals surface area contributed by atoms with E-state index in [0.29, 0.717) is 19.4 Å². The molecule has 2 rings (SSSR count). The maximum atomic E-state index is 14.3. The Morgan fingerprint density at radius 3 is 2.21 bits per heavy atom. The zero-order valence-corrected chi connectivity index (χ0v) is 8.69. The van der Waals surface area contributed by atoms with E-state index in [1.54, 1.807) is 0 Å². The van der Waals surface area contributed by atoms with Gasteiger partial charge in [0.25, 0.3) is 0 Å². The number of alkyl halides is 1. The van der Waals surface area contributed by atoms with Crippen LogP contribution < -0.4 is 10.6 Å². The van der Waals surface area contributed by atoms with Crippen LogP contribution >= 0.6 is 0 Å². The average molecular weight is 201 g/mol. The van der Waals surface area contributed by atoms with E-state index < -0.39 is 5.67 Å². The fourth-order valence-electron chi connectivity index (χ4n) is 2.30. The Bertz CT molecular complexity index is 174. The summed E-state index contributed by atoms with van der Waals surface area (Å²) in [4.78, 5) is 2.25. The van der Waals surface area contributed by atoms with Crippen LogP contribution in [0.5, 0.6) is 0 Å². The molecule has 0 aromatic carbocycles. The van der Waals surface area contributed by atoms with Crippen LogP contribution in [0.25, 0.3) is 0 Å². The van der Waals surface area contributed by atoms with Crippen molar-refractivity contribution in [1.29, 1.82) is 0 Å². The summed E-state index contributed by atoms with van der Waals surface area (Å²) >= 11 is 0. The van der Waals surface area contributed by atoms with Crippen molar-refractivity contribution in [3.63, 3.8) is 0 Å². The minimum atomic E-state index is -0.928. The van der Waals surface area contributed by atoms with Crippen molar-refractivity contribution in [2.45, 2.75) is 18.5 Å². The summed E-state index contributed by atoms with van der Waals surface area (Å²) in [6, 6.07) is 0. The molecule has 3 nitrogen and oxygen atoms in total. The summed E-state index contributed by atoms with van der Waals surface area (Å²) < 4.78 is 14.3. The Morgan fingerprint density at radius 2 is 1.57 bits per heavy atom. The van der Waals surface area contributed by atoms with E-state index in [9.17, 15) is 4.39 Å². The van der Waals surface area contributed by atoms with Gasteiger partial charge in [0.15, 0.2) is 0 Å². The van der Waals surface area contributed by atoms with Crippen molar-refractivity contribution < 1.29 is 4.39 Å². The second-order valence-electron chi connectivity index (χ2n) is 4.43. The molecule has 0 spiro atoms. The van der Waals surface area contributed by atoms with E-state index in [1.807, 2.05) is 0 Å². The molecule has 2 fully saturated rings. The van der Waals surface area contributed by atoms with Gasteiger partial charge in [0.05, 0.1) is 0 Å². The second-order valence-corrected chi connectivity index (χ2v) is 4.43. The van der Waals surface area contributed by atoms with Gasteiger partial charge in [0.2, 0.25) is 0 Å². The van der Waals surface area contributed by atoms with Crippen molar-refractivity contribution in [2.75, 3.05) is 45.8 Å². The molecular weight excluding hydrogens is 181 g/mol. The summed E-state index contributed by atoms with van der Waals surface area (Å²) in [6.45, 7) is 6.32. The number of hydrogen-bond acceptors (Lipinski definition) is 3. The van der Waals surface area contributed by atoms with Gasteiger partial charge in [0.1, 0.15) is 5.67 Å². The minimum Gasteiger partial charge on any atom is -0.316 e. The fourth-order valence-corrected chi connectivity index (χ4v) is 2.30. The van der Waals surface area contributed by atoms with Gasteiger partial charge in [-0.2, -0.15) is 0 Å². The average Bonchev–Trinajstić information content (AvgIpc) is 2.19. The molecule has 0 bridgehead atoms. The molecule has 0 amide bonds. The van der Waals surface area contributed by atoms with Gasteiger partial charge < -0.3 is 10.6 Å². The van der Waals surface area contributed by atoms with E-state index in [2.05, 4.69) is 15.5 Å². The Hall–Kier alpha value is -0.190. The highest BCUT2D eigenvalue weighted by atomic mass is 19.1. The van der Waals surface area contributed by atoms with Crippen LogP contribution in [0.4, 0.5) is 4.39 Å². The number of piperidine rings is 1. The summed E-state index contributed by atoms with van der Waals surface area (Å²) in [5.74, 6) is 0. The lowest BCUT2D eigenvalue weighted by molar-refractivity contribution is 0.0565. The molecule has 4 heteroatoms. The van der Waals surface area contributed by atoms with Gasteiger partial charge in [-0.05, 0) is 25.9 Å². The van der Waals surface area contributed by atoms with Crippen LogP contribution in [-0.4, -0.2) is 56.4 Å². The highest BCUT2D eigenvalue weighted by molar-refractivity contribution is 4.88. The molecular formula is C10H20FN3. The van der Waals surface area contributed by atoms with Gasteiger partial charge in [-0.1, -0.05) is 0 Å². The molecule has 0 unspecified atom stereocenters. The third kappa shape index (κ3) is 2.65. The second kappa shape index (κ2) is 4.55. The lowest BCUT2D eigenvalue weighted by Gasteiger charge is -2.37. The van der Waals surface area contributed by atoms with Gasteiger partial charge >= 0.3 is 0 Å². The number of rotatable bonds is 2. The van der Waals surface area contributed by atoms with Crippen molar-refractivity contribution in [2.24, 2.45) is 0 Å². The minimum absolute atomic E-state index is 0.635. The third-order valence-electron chi connectivity index (χ3n) is 3.22. The molecule has 2 heterocycles. The van der Waals surface area contributed by atoms with Gasteiger partial charge in [-0.25, -0.2) is 4.39 Å². The zero-order chi connectivity index (χ0) is 9.86. The molecule has 14 heavy (non-hydrogen) atoms. The maximum absolute atomic E-state index is 14.3. The number of halogens is 1. The highest BCUT2D eigenvalue weighted by Gasteiger charge is 2.33. The number of nitrogens with one attached hydrogen (secondary N) is 2. The van der Waals surface area contributed by atoms with E-state index in [0.717, 1.165) is 39.3 Å². The molecule has 0 aromatic heterocycles. The lowest BCUT2D eigenvalue weighted by atomic mass is 9.93. The van der Waals surface area contributed by atoms with E-state index in [-0.39, 0.29) is 0 Å². The van der Waals surface area contributed by atoms with Crippen molar-refractivity contribution >= 4 is 0 Å². The molecule has 0 saturated carbocycles. The standard InChI is InChI=1S/C10H20FN3/c11-10(1-3-12-4-2-10)9-14-7-5-13-6-8-14/h12-13H,1-9H2. The fraction of sp³-hybridized carbons (Fsp3) is 1.00. The normalized spacial score (nSPS) is 28.9. The Labute approximate surface area is 85.0 Å². The predicted octanol–water partition coefficient (Wildman–Crippen LogP) is -0.0167. The summed E-state index contributed by atoms with van der Waals surface area (Å²) in [6.07, 6.45) is 1.36. The molecule has 0 aliphatic carbocycles. The van der Waals surface area contributed by atoms with Crippen LogP contribution in [0.15, 0.2) is 0 Å². The SMILES string of the molecule is FC1(CN2CCNCC2)CCNCC1. The first-order chi connectivity index (χ1) is 6.79. The van der Waals surface area contributed by atoms with Crippen LogP contribution in [0.1, 0.15) is 12.8 Å². The summed E-state index contributed by atoms with van der Waals surface area (Å²) in [5.41, 5.74) is -0.928.